The molecule has 2 aromatic heterocycles. The van der Waals surface area contributed by atoms with E-state index in [1.165, 1.54) is 34.1 Å². The van der Waals surface area contributed by atoms with Crippen LogP contribution in [0.2, 0.25) is 0 Å². The smallest absolute Gasteiger partial charge is 0.233 e. The molecule has 48 heavy (non-hydrogen) atoms. The molecule has 8 N–H and O–H groups in total. The highest BCUT2D eigenvalue weighted by Gasteiger charge is 2.15. The van der Waals surface area contributed by atoms with E-state index in [1.807, 2.05) is 0 Å². The van der Waals surface area contributed by atoms with Crippen LogP contribution in [-0.2, 0) is 20.2 Å². The number of benzene rings is 2. The zero-order valence-corrected chi connectivity index (χ0v) is 27.0. The second-order valence-corrected chi connectivity index (χ2v) is 12.6. The Morgan fingerprint density at radius 2 is 1.06 bits per heavy atom. The van der Waals surface area contributed by atoms with E-state index < -0.39 is 30.0 Å². The number of anilines is 8. The molecule has 0 unspecified atom stereocenters. The molecule has 0 aliphatic heterocycles. The third kappa shape index (κ3) is 9.18. The van der Waals surface area contributed by atoms with E-state index in [2.05, 4.69) is 40.5 Å². The highest BCUT2D eigenvalue weighted by Crippen LogP contribution is 2.28. The first-order valence-electron chi connectivity index (χ1n) is 13.7. The van der Waals surface area contributed by atoms with Gasteiger partial charge in [-0.3, -0.25) is 0 Å². The van der Waals surface area contributed by atoms with Crippen molar-refractivity contribution >= 4 is 79.5 Å². The van der Waals surface area contributed by atoms with E-state index in [-0.39, 0.29) is 84.5 Å². The van der Waals surface area contributed by atoms with E-state index in [4.69, 9.17) is 11.5 Å². The van der Waals surface area contributed by atoms with Gasteiger partial charge in [0.1, 0.15) is 20.2 Å². The summed E-state index contributed by atoms with van der Waals surface area (Å²) in [5.41, 5.74) is 11.4. The molecule has 256 valence electrons. The molecule has 0 saturated carbocycles. The van der Waals surface area contributed by atoms with Crippen molar-refractivity contribution in [2.24, 2.45) is 0 Å². The van der Waals surface area contributed by atoms with Crippen LogP contribution in [0.25, 0.3) is 12.2 Å². The molecule has 4 aromatic rings. The lowest BCUT2D eigenvalue weighted by molar-refractivity contribution is 0.303. The summed E-state index contributed by atoms with van der Waals surface area (Å²) < 4.78 is 73.2. The normalized spacial score (nSPS) is 11.9. The van der Waals surface area contributed by atoms with Crippen molar-refractivity contribution in [1.29, 1.82) is 0 Å². The first kappa shape index (κ1) is 35.6. The predicted molar refractivity (Wildman–Crippen MR) is 173 cm³/mol. The van der Waals surface area contributed by atoms with Crippen molar-refractivity contribution in [1.82, 2.24) is 29.9 Å². The van der Waals surface area contributed by atoms with Crippen LogP contribution in [0.5, 0.6) is 0 Å². The number of likely N-dealkylation sites (N-methyl/N-ethyl adjacent to an activating group) is 2. The summed E-state index contributed by atoms with van der Waals surface area (Å²) in [5, 5.41) is 23.8. The van der Waals surface area contributed by atoms with Crippen LogP contribution in [-0.4, -0.2) is 106 Å². The van der Waals surface area contributed by atoms with Gasteiger partial charge in [0.05, 0.1) is 23.0 Å². The number of aliphatic hydroxyl groups is 2. The molecule has 0 bridgehead atoms. The number of nitrogens with one attached hydrogen (secondary N) is 2. The van der Waals surface area contributed by atoms with E-state index >= 15 is 0 Å². The number of aliphatic hydroxyl groups excluding tert-OH is 2. The Kier molecular flexibility index (Phi) is 10.9. The SMILES string of the molecule is CN(CCO)c1nc(N)nc(Nc2ccc(/C=C/c3ccc(Nc4nc(N)nc(N(C)CCO)n4)cc3S(=O)(=O)[O-])c(S(=O)(=O)[O-])c2)n1. The Morgan fingerprint density at radius 1 is 0.688 bits per heavy atom. The molecule has 0 amide bonds. The van der Waals surface area contributed by atoms with E-state index in [0.29, 0.717) is 0 Å². The topological polar surface area (TPSA) is 315 Å². The van der Waals surface area contributed by atoms with E-state index in [1.54, 1.807) is 14.1 Å². The van der Waals surface area contributed by atoms with Crippen LogP contribution in [0, 0.1) is 0 Å². The standard InChI is InChI=1S/C26H32N12O8S2/c1-37(9-11-39)25-33-21(27)31-23(35-25)29-17-7-5-15(19(13-17)47(41,42)43)3-4-16-6-8-18(14-20(16)48(44,45)46)30-24-32-22(28)34-26(36-24)38(2)10-12-40/h3-8,13-14,39-40H,9-12H2,1-2H3,(H,41,42,43)(H,44,45,46)(H3,27,29,31,33,35)(H3,28,30,32,34,36)/p-2/b4-3+. The third-order valence-corrected chi connectivity index (χ3v) is 8.14. The summed E-state index contributed by atoms with van der Waals surface area (Å²) >= 11 is 0. The minimum atomic E-state index is -5.08. The summed E-state index contributed by atoms with van der Waals surface area (Å²) in [4.78, 5) is 25.8. The van der Waals surface area contributed by atoms with Crippen LogP contribution >= 0.6 is 0 Å². The zero-order valence-electron chi connectivity index (χ0n) is 25.3. The lowest BCUT2D eigenvalue weighted by atomic mass is 10.1. The van der Waals surface area contributed by atoms with Gasteiger partial charge in [-0.1, -0.05) is 24.3 Å². The summed E-state index contributed by atoms with van der Waals surface area (Å²) in [6, 6.07) is 7.37. The minimum Gasteiger partial charge on any atom is -0.744 e. The van der Waals surface area contributed by atoms with Crippen molar-refractivity contribution in [3.8, 4) is 0 Å². The molecule has 0 saturated heterocycles. The van der Waals surface area contributed by atoms with Gasteiger partial charge in [0.25, 0.3) is 0 Å². The van der Waals surface area contributed by atoms with Crippen molar-refractivity contribution in [2.75, 3.05) is 72.3 Å². The molecular formula is C26H30N12O8S2-2. The summed E-state index contributed by atoms with van der Waals surface area (Å²) in [7, 11) is -6.95. The number of nitrogens with zero attached hydrogens (tertiary/aromatic N) is 8. The van der Waals surface area contributed by atoms with Crippen LogP contribution in [0.15, 0.2) is 46.2 Å². The van der Waals surface area contributed by atoms with E-state index in [0.717, 1.165) is 24.3 Å². The number of nitrogens with two attached hydrogens (primary N) is 2. The highest BCUT2D eigenvalue weighted by molar-refractivity contribution is 7.86. The Balaban J connectivity index is 1.65. The number of nitrogen functional groups attached to an aromatic ring is 2. The molecule has 4 rings (SSSR count). The predicted octanol–water partition coefficient (Wildman–Crippen LogP) is -0.456. The third-order valence-electron chi connectivity index (χ3n) is 6.36. The molecule has 20 nitrogen and oxygen atoms in total. The second-order valence-electron chi connectivity index (χ2n) is 9.92. The average Bonchev–Trinajstić information content (AvgIpc) is 2.99. The Bertz CT molecular complexity index is 1900. The van der Waals surface area contributed by atoms with Crippen molar-refractivity contribution < 1.29 is 36.2 Å². The summed E-state index contributed by atoms with van der Waals surface area (Å²) in [5.74, 6) is -0.246. The molecular weight excluding hydrogens is 672 g/mol. The van der Waals surface area contributed by atoms with Gasteiger partial charge in [0.2, 0.25) is 35.7 Å². The van der Waals surface area contributed by atoms with Crippen molar-refractivity contribution in [3.05, 3.63) is 47.5 Å². The van der Waals surface area contributed by atoms with E-state index in [9.17, 15) is 36.2 Å². The Labute approximate surface area is 274 Å². The first-order valence-corrected chi connectivity index (χ1v) is 16.5. The quantitative estimate of drug-likeness (QED) is 0.0715. The number of hydrogen-bond acceptors (Lipinski definition) is 20. The molecule has 0 atom stereocenters. The zero-order chi connectivity index (χ0) is 35.2. The number of hydrogen-bond donors (Lipinski definition) is 6. The Hall–Kier alpha value is -5.26. The molecule has 0 spiro atoms. The van der Waals surface area contributed by atoms with Crippen LogP contribution in [0.4, 0.5) is 47.1 Å². The maximum atomic E-state index is 12.2. The van der Waals surface area contributed by atoms with Crippen LogP contribution in [0.1, 0.15) is 11.1 Å². The van der Waals surface area contributed by atoms with Gasteiger partial charge in [-0.25, -0.2) is 16.8 Å². The lowest BCUT2D eigenvalue weighted by Crippen LogP contribution is -2.24. The maximum Gasteiger partial charge on any atom is 0.233 e. The molecule has 0 fully saturated rings. The molecule has 0 aliphatic rings. The molecule has 22 heteroatoms. The number of aromatic nitrogens is 6. The largest absolute Gasteiger partial charge is 0.744 e. The fraction of sp³-hybridized carbons (Fsp3) is 0.231. The van der Waals surface area contributed by atoms with Crippen molar-refractivity contribution in [3.63, 3.8) is 0 Å². The van der Waals surface area contributed by atoms with Crippen LogP contribution in [0.3, 0.4) is 0 Å². The minimum absolute atomic E-state index is 0.0768. The van der Waals surface area contributed by atoms with Gasteiger partial charge in [0.15, 0.2) is 0 Å². The van der Waals surface area contributed by atoms with Gasteiger partial charge in [0, 0.05) is 38.6 Å². The highest BCUT2D eigenvalue weighted by atomic mass is 32.2. The molecule has 0 aliphatic carbocycles. The van der Waals surface area contributed by atoms with Gasteiger partial charge in [-0.15, -0.1) is 0 Å². The van der Waals surface area contributed by atoms with Gasteiger partial charge in [-0.05, 0) is 35.4 Å². The fourth-order valence-corrected chi connectivity index (χ4v) is 5.48. The van der Waals surface area contributed by atoms with Crippen molar-refractivity contribution in [2.45, 2.75) is 9.79 Å². The fourth-order valence-electron chi connectivity index (χ4n) is 4.08. The lowest BCUT2D eigenvalue weighted by Gasteiger charge is -2.17. The second kappa shape index (κ2) is 14.7. The van der Waals surface area contributed by atoms with Crippen LogP contribution < -0.4 is 31.9 Å². The number of rotatable bonds is 14. The maximum absolute atomic E-state index is 12.2. The first-order chi connectivity index (χ1) is 22.6. The van der Waals surface area contributed by atoms with Gasteiger partial charge >= 0.3 is 0 Å². The van der Waals surface area contributed by atoms with Gasteiger partial charge < -0.3 is 51.2 Å². The molecule has 2 aromatic carbocycles. The summed E-state index contributed by atoms with van der Waals surface area (Å²) in [6.45, 7) is 0.0111. The average molecular weight is 703 g/mol. The molecule has 2 heterocycles. The Morgan fingerprint density at radius 3 is 1.40 bits per heavy atom. The summed E-state index contributed by atoms with van der Waals surface area (Å²) in [6.07, 6.45) is 2.31. The van der Waals surface area contributed by atoms with Gasteiger partial charge in [-0.2, -0.15) is 29.9 Å². The molecule has 0 radical (unpaired) electrons. The monoisotopic (exact) mass is 702 g/mol.